The van der Waals surface area contributed by atoms with Crippen LogP contribution in [0.5, 0.6) is 0 Å². The molecule has 0 N–H and O–H groups in total. The molecule has 0 aliphatic rings. The van der Waals surface area contributed by atoms with E-state index in [0.717, 1.165) is 26.8 Å². The van der Waals surface area contributed by atoms with Crippen LogP contribution in [0.2, 0.25) is 0 Å². The average molecular weight is 230 g/mol. The van der Waals surface area contributed by atoms with Crippen LogP contribution in [0.4, 0.5) is 0 Å². The van der Waals surface area contributed by atoms with Crippen molar-refractivity contribution in [2.24, 2.45) is 7.05 Å². The molecular weight excluding hydrogens is 220 g/mol. The molecule has 2 heterocycles. The van der Waals surface area contributed by atoms with Gasteiger partial charge >= 0.3 is 0 Å². The fraction of sp³-hybridized carbons (Fsp3) is 0.182. The molecule has 1 aromatic carbocycles. The lowest BCUT2D eigenvalue weighted by atomic mass is 10.2. The summed E-state index contributed by atoms with van der Waals surface area (Å²) < 4.78 is 1.94. The third-order valence-corrected chi connectivity index (χ3v) is 3.33. The van der Waals surface area contributed by atoms with Gasteiger partial charge < -0.3 is 4.57 Å². The molecule has 0 fully saturated rings. The van der Waals surface area contributed by atoms with Gasteiger partial charge in [0.05, 0.1) is 22.3 Å². The van der Waals surface area contributed by atoms with E-state index in [-0.39, 0.29) is 0 Å². The molecule has 0 radical (unpaired) electrons. The lowest BCUT2D eigenvalue weighted by Crippen LogP contribution is -1.93. The Labute approximate surface area is 96.7 Å². The first-order chi connectivity index (χ1) is 7.79. The van der Waals surface area contributed by atoms with Gasteiger partial charge in [-0.2, -0.15) is 0 Å². The Kier molecular flexibility index (Phi) is 2.07. The fourth-order valence-electron chi connectivity index (χ4n) is 1.84. The molecule has 0 atom stereocenters. The summed E-state index contributed by atoms with van der Waals surface area (Å²) in [6.45, 7) is 0. The van der Waals surface area contributed by atoms with Gasteiger partial charge in [0.2, 0.25) is 0 Å². The van der Waals surface area contributed by atoms with E-state index in [1.165, 1.54) is 0 Å². The van der Waals surface area contributed by atoms with Crippen LogP contribution < -0.4 is 0 Å². The summed E-state index contributed by atoms with van der Waals surface area (Å²) in [6, 6.07) is 2.03. The van der Waals surface area contributed by atoms with Crippen LogP contribution in [0.15, 0.2) is 29.8 Å². The summed E-state index contributed by atoms with van der Waals surface area (Å²) in [4.78, 5) is 14.1. The third-order valence-electron chi connectivity index (χ3n) is 2.54. The Bertz CT molecular complexity index is 674. The summed E-state index contributed by atoms with van der Waals surface area (Å²) in [5.41, 5.74) is 2.88. The van der Waals surface area contributed by atoms with Gasteiger partial charge in [0, 0.05) is 18.6 Å². The van der Waals surface area contributed by atoms with E-state index in [9.17, 15) is 0 Å². The van der Waals surface area contributed by atoms with Crippen molar-refractivity contribution < 1.29 is 0 Å². The molecule has 0 spiro atoms. The van der Waals surface area contributed by atoms with Crippen LogP contribution in [0.1, 0.15) is 0 Å². The first kappa shape index (κ1) is 9.59. The normalized spacial score (nSPS) is 11.4. The molecule has 0 amide bonds. The molecule has 3 rings (SSSR count). The highest BCUT2D eigenvalue weighted by Gasteiger charge is 2.10. The summed E-state index contributed by atoms with van der Waals surface area (Å²) in [7, 11) is 1.96. The maximum absolute atomic E-state index is 4.46. The molecule has 0 unspecified atom stereocenters. The zero-order valence-electron chi connectivity index (χ0n) is 9.01. The first-order valence-corrected chi connectivity index (χ1v) is 6.11. The number of nitrogens with zero attached hydrogens (tertiary/aromatic N) is 4. The molecule has 2 aromatic heterocycles. The highest BCUT2D eigenvalue weighted by atomic mass is 32.2. The van der Waals surface area contributed by atoms with Crippen molar-refractivity contribution in [3.63, 3.8) is 0 Å². The monoisotopic (exact) mass is 230 g/mol. The highest BCUT2D eigenvalue weighted by Crippen LogP contribution is 2.31. The van der Waals surface area contributed by atoms with Gasteiger partial charge in [-0.05, 0) is 12.3 Å². The molecule has 0 saturated heterocycles. The number of aryl methyl sites for hydroxylation is 1. The van der Waals surface area contributed by atoms with Crippen molar-refractivity contribution in [3.8, 4) is 0 Å². The quantitative estimate of drug-likeness (QED) is 0.601. The molecular formula is C11H10N4S. The summed E-state index contributed by atoms with van der Waals surface area (Å²) in [6.07, 6.45) is 7.50. The second-order valence-electron chi connectivity index (χ2n) is 3.63. The molecule has 3 aromatic rings. The van der Waals surface area contributed by atoms with Gasteiger partial charge in [0.15, 0.2) is 0 Å². The van der Waals surface area contributed by atoms with E-state index in [2.05, 4.69) is 21.1 Å². The van der Waals surface area contributed by atoms with Crippen LogP contribution >= 0.6 is 11.8 Å². The number of hydrogen-bond donors (Lipinski definition) is 0. The molecule has 5 heteroatoms. The minimum absolute atomic E-state index is 0.935. The van der Waals surface area contributed by atoms with Gasteiger partial charge in [0.25, 0.3) is 0 Å². The van der Waals surface area contributed by atoms with Crippen molar-refractivity contribution in [1.82, 2.24) is 19.5 Å². The minimum Gasteiger partial charge on any atom is -0.341 e. The Morgan fingerprint density at radius 3 is 2.88 bits per heavy atom. The average Bonchev–Trinajstić information content (AvgIpc) is 2.73. The van der Waals surface area contributed by atoms with E-state index in [0.29, 0.717) is 0 Å². The Morgan fingerprint density at radius 1 is 1.19 bits per heavy atom. The van der Waals surface area contributed by atoms with E-state index in [1.54, 1.807) is 18.1 Å². The number of fused-ring (bicyclic) bond motifs is 2. The zero-order chi connectivity index (χ0) is 11.1. The second kappa shape index (κ2) is 3.45. The van der Waals surface area contributed by atoms with E-state index >= 15 is 0 Å². The van der Waals surface area contributed by atoms with Crippen molar-refractivity contribution in [2.75, 3.05) is 6.26 Å². The predicted molar refractivity (Wildman–Crippen MR) is 65.6 cm³/mol. The van der Waals surface area contributed by atoms with Crippen LogP contribution in [-0.4, -0.2) is 25.8 Å². The molecule has 0 bridgehead atoms. The van der Waals surface area contributed by atoms with Crippen LogP contribution in [0, 0.1) is 0 Å². The summed E-state index contributed by atoms with van der Waals surface area (Å²) in [5.74, 6) is 0. The minimum atomic E-state index is 0.935. The number of thioether (sulfide) groups is 1. The topological polar surface area (TPSA) is 43.6 Å². The standard InChI is InChI=1S/C11H10N4S/c1-15-4-7-3-8-10(13-5-12-8)11(16-2)9(7)14-6-15/h3-6H,1-2H3. The Balaban J connectivity index is 2.54. The second-order valence-corrected chi connectivity index (χ2v) is 4.44. The smallest absolute Gasteiger partial charge is 0.116 e. The van der Waals surface area contributed by atoms with Gasteiger partial charge in [0.1, 0.15) is 11.8 Å². The fourth-order valence-corrected chi connectivity index (χ4v) is 2.56. The van der Waals surface area contributed by atoms with E-state index in [4.69, 9.17) is 0 Å². The van der Waals surface area contributed by atoms with E-state index < -0.39 is 0 Å². The largest absolute Gasteiger partial charge is 0.341 e. The Morgan fingerprint density at radius 2 is 2.06 bits per heavy atom. The van der Waals surface area contributed by atoms with Crippen LogP contribution in [0.25, 0.3) is 21.9 Å². The molecule has 0 saturated carbocycles. The van der Waals surface area contributed by atoms with Crippen molar-refractivity contribution in [2.45, 2.75) is 4.90 Å². The SMILES string of the molecule is CSc1c2ncn(C)cc2cc2ncnc12. The molecule has 0 aliphatic heterocycles. The first-order valence-electron chi connectivity index (χ1n) is 4.89. The van der Waals surface area contributed by atoms with E-state index in [1.807, 2.05) is 30.3 Å². The Hall–Kier alpha value is -1.62. The van der Waals surface area contributed by atoms with Gasteiger partial charge in [-0.3, -0.25) is 0 Å². The number of rotatable bonds is 1. The highest BCUT2D eigenvalue weighted by molar-refractivity contribution is 7.99. The van der Waals surface area contributed by atoms with Crippen LogP contribution in [-0.2, 0) is 7.05 Å². The van der Waals surface area contributed by atoms with Gasteiger partial charge in [-0.1, -0.05) is 0 Å². The maximum atomic E-state index is 4.46. The van der Waals surface area contributed by atoms with Gasteiger partial charge in [-0.25, -0.2) is 15.0 Å². The lowest BCUT2D eigenvalue weighted by Gasteiger charge is -2.05. The van der Waals surface area contributed by atoms with Crippen molar-refractivity contribution >= 4 is 33.7 Å². The van der Waals surface area contributed by atoms with Gasteiger partial charge in [-0.15, -0.1) is 11.8 Å². The maximum Gasteiger partial charge on any atom is 0.116 e. The molecule has 4 nitrogen and oxygen atoms in total. The lowest BCUT2D eigenvalue weighted by molar-refractivity contribution is 0.879. The molecule has 80 valence electrons. The number of aromatic nitrogens is 4. The van der Waals surface area contributed by atoms with Crippen molar-refractivity contribution in [1.29, 1.82) is 0 Å². The zero-order valence-corrected chi connectivity index (χ0v) is 9.82. The number of benzene rings is 1. The van der Waals surface area contributed by atoms with Crippen LogP contribution in [0.3, 0.4) is 0 Å². The third kappa shape index (κ3) is 1.28. The summed E-state index contributed by atoms with van der Waals surface area (Å²) in [5, 5.41) is 1.10. The number of imidazole rings is 1. The number of hydrogen-bond acceptors (Lipinski definition) is 4. The van der Waals surface area contributed by atoms with Crippen molar-refractivity contribution in [3.05, 3.63) is 24.9 Å². The molecule has 0 aliphatic carbocycles. The summed E-state index contributed by atoms with van der Waals surface area (Å²) >= 11 is 1.66. The predicted octanol–water partition coefficient (Wildman–Crippen LogP) is 2.24. The molecule has 16 heavy (non-hydrogen) atoms.